The van der Waals surface area contributed by atoms with Crippen molar-refractivity contribution in [3.05, 3.63) is 79.9 Å². The maximum absolute atomic E-state index is 12.8. The zero-order valence-corrected chi connectivity index (χ0v) is 19.6. The molecule has 1 aliphatic rings. The van der Waals surface area contributed by atoms with E-state index in [1.54, 1.807) is 0 Å². The summed E-state index contributed by atoms with van der Waals surface area (Å²) in [5, 5.41) is 6.29. The number of anilines is 2. The Kier molecular flexibility index (Phi) is 6.97. The van der Waals surface area contributed by atoms with E-state index in [2.05, 4.69) is 56.5 Å². The summed E-state index contributed by atoms with van der Waals surface area (Å²) >= 11 is 11.0. The van der Waals surface area contributed by atoms with Crippen molar-refractivity contribution >= 4 is 56.1 Å². The number of benzene rings is 2. The highest BCUT2D eigenvalue weighted by atomic mass is 79.9. The van der Waals surface area contributed by atoms with Crippen LogP contribution >= 0.6 is 38.9 Å². The van der Waals surface area contributed by atoms with Crippen LogP contribution in [0.3, 0.4) is 0 Å². The van der Waals surface area contributed by atoms with Gasteiger partial charge in [-0.2, -0.15) is 0 Å². The van der Waals surface area contributed by atoms with Crippen LogP contribution in [0.25, 0.3) is 0 Å². The molecule has 7 heteroatoms. The van der Waals surface area contributed by atoms with Gasteiger partial charge in [0, 0.05) is 42.2 Å². The van der Waals surface area contributed by atoms with Gasteiger partial charge < -0.3 is 15.1 Å². The molecule has 1 aromatic heterocycles. The third kappa shape index (κ3) is 4.99. The lowest BCUT2D eigenvalue weighted by atomic mass is 10.1. The lowest BCUT2D eigenvalue weighted by Gasteiger charge is -2.37. The first-order chi connectivity index (χ1) is 14.6. The first-order valence-electron chi connectivity index (χ1n) is 9.96. The van der Waals surface area contributed by atoms with Crippen LogP contribution in [0.15, 0.2) is 64.5 Å². The van der Waals surface area contributed by atoms with E-state index in [4.69, 9.17) is 11.6 Å². The second kappa shape index (κ2) is 9.86. The molecule has 1 fully saturated rings. The van der Waals surface area contributed by atoms with Crippen molar-refractivity contribution < 1.29 is 4.79 Å². The van der Waals surface area contributed by atoms with Crippen molar-refractivity contribution in [3.63, 3.8) is 0 Å². The molecule has 1 amide bonds. The normalized spacial score (nSPS) is 14.1. The number of thiophene rings is 1. The average Bonchev–Trinajstić information content (AvgIpc) is 3.20. The zero-order chi connectivity index (χ0) is 20.9. The van der Waals surface area contributed by atoms with Crippen molar-refractivity contribution in [2.75, 3.05) is 42.9 Å². The highest BCUT2D eigenvalue weighted by molar-refractivity contribution is 9.10. The molecule has 0 unspecified atom stereocenters. The second-order valence-corrected chi connectivity index (χ2v) is 9.41. The molecule has 0 atom stereocenters. The number of hydrogen-bond donors (Lipinski definition) is 1. The number of nitrogens with one attached hydrogen (secondary N) is 1. The number of piperazine rings is 1. The molecule has 156 valence electrons. The van der Waals surface area contributed by atoms with E-state index in [1.165, 1.54) is 22.6 Å². The van der Waals surface area contributed by atoms with Crippen LogP contribution in [0.4, 0.5) is 11.4 Å². The summed E-state index contributed by atoms with van der Waals surface area (Å²) in [5.41, 5.74) is 3.53. The average molecular weight is 505 g/mol. The Balaban J connectivity index is 1.36. The van der Waals surface area contributed by atoms with Crippen LogP contribution < -0.4 is 10.2 Å². The number of carbonyl (C=O) groups is 1. The molecule has 1 saturated heterocycles. The van der Waals surface area contributed by atoms with E-state index in [0.717, 1.165) is 59.2 Å². The van der Waals surface area contributed by atoms with E-state index < -0.39 is 0 Å². The Morgan fingerprint density at radius 3 is 2.60 bits per heavy atom. The predicted octanol–water partition coefficient (Wildman–Crippen LogP) is 5.78. The van der Waals surface area contributed by atoms with Gasteiger partial charge in [0.05, 0.1) is 11.4 Å². The number of rotatable bonds is 6. The summed E-state index contributed by atoms with van der Waals surface area (Å²) in [6.07, 6.45) is 0.910. The predicted molar refractivity (Wildman–Crippen MR) is 130 cm³/mol. The van der Waals surface area contributed by atoms with Gasteiger partial charge in [0.25, 0.3) is 5.91 Å². The molecular weight excluding hydrogens is 482 g/mol. The van der Waals surface area contributed by atoms with Gasteiger partial charge in [0.2, 0.25) is 0 Å². The third-order valence-electron chi connectivity index (χ3n) is 5.24. The number of nitrogens with zero attached hydrogens (tertiary/aromatic N) is 2. The highest BCUT2D eigenvalue weighted by Gasteiger charge is 2.25. The summed E-state index contributed by atoms with van der Waals surface area (Å²) in [6, 6.07) is 18.3. The number of amides is 1. The summed E-state index contributed by atoms with van der Waals surface area (Å²) in [7, 11) is 0. The Morgan fingerprint density at radius 2 is 1.87 bits per heavy atom. The second-order valence-electron chi connectivity index (χ2n) is 7.20. The topological polar surface area (TPSA) is 35.6 Å². The molecule has 0 bridgehead atoms. The number of carbonyl (C=O) groups excluding carboxylic acids is 1. The molecule has 1 aliphatic heterocycles. The number of para-hydroxylation sites is 2. The summed E-state index contributed by atoms with van der Waals surface area (Å²) in [5.74, 6) is 0.115. The highest BCUT2D eigenvalue weighted by Crippen LogP contribution is 2.28. The van der Waals surface area contributed by atoms with Gasteiger partial charge in [-0.15, -0.1) is 11.3 Å². The fourth-order valence-electron chi connectivity index (χ4n) is 3.67. The molecule has 0 saturated carbocycles. The fourth-order valence-corrected chi connectivity index (χ4v) is 5.39. The van der Waals surface area contributed by atoms with Gasteiger partial charge in [0.1, 0.15) is 4.88 Å². The zero-order valence-electron chi connectivity index (χ0n) is 16.5. The van der Waals surface area contributed by atoms with Gasteiger partial charge in [0.15, 0.2) is 0 Å². The Morgan fingerprint density at radius 1 is 1.07 bits per heavy atom. The van der Waals surface area contributed by atoms with E-state index in [-0.39, 0.29) is 5.91 Å². The molecule has 4 nitrogen and oxygen atoms in total. The minimum atomic E-state index is 0.115. The van der Waals surface area contributed by atoms with Crippen LogP contribution in [0.5, 0.6) is 0 Å². The molecular formula is C23H23BrClN3OS. The van der Waals surface area contributed by atoms with E-state index in [9.17, 15) is 4.79 Å². The van der Waals surface area contributed by atoms with Crippen LogP contribution in [0.2, 0.25) is 5.02 Å². The quantitative estimate of drug-likeness (QED) is 0.462. The number of hydrogen-bond acceptors (Lipinski definition) is 4. The van der Waals surface area contributed by atoms with Crippen molar-refractivity contribution in [2.24, 2.45) is 0 Å². The summed E-state index contributed by atoms with van der Waals surface area (Å²) in [6.45, 7) is 3.92. The molecule has 30 heavy (non-hydrogen) atoms. The van der Waals surface area contributed by atoms with Gasteiger partial charge in [-0.25, -0.2) is 0 Å². The third-order valence-corrected chi connectivity index (χ3v) is 7.30. The Hall–Kier alpha value is -2.02. The maximum Gasteiger partial charge on any atom is 0.265 e. The van der Waals surface area contributed by atoms with Crippen LogP contribution in [-0.2, 0) is 6.42 Å². The maximum atomic E-state index is 12.8. The lowest BCUT2D eigenvalue weighted by Crippen LogP contribution is -2.48. The molecule has 0 radical (unpaired) electrons. The van der Waals surface area contributed by atoms with Crippen molar-refractivity contribution in [1.82, 2.24) is 4.90 Å². The SMILES string of the molecule is O=C(c1sccc1Br)N1CCN(c2ccccc2NCCc2cccc(Cl)c2)CC1. The molecule has 3 aromatic rings. The first kappa shape index (κ1) is 21.2. The van der Waals surface area contributed by atoms with E-state index in [1.807, 2.05) is 34.5 Å². The van der Waals surface area contributed by atoms with Crippen LogP contribution in [-0.4, -0.2) is 43.5 Å². The van der Waals surface area contributed by atoms with Crippen molar-refractivity contribution in [2.45, 2.75) is 6.42 Å². The molecule has 2 heterocycles. The minimum Gasteiger partial charge on any atom is -0.383 e. The van der Waals surface area contributed by atoms with Crippen LogP contribution in [0, 0.1) is 0 Å². The van der Waals surface area contributed by atoms with E-state index in [0.29, 0.717) is 0 Å². The Labute approximate surface area is 194 Å². The standard InChI is InChI=1S/C23H23BrClN3OS/c24-19-9-15-30-22(19)23(29)28-13-11-27(12-14-28)21-7-2-1-6-20(21)26-10-8-17-4-3-5-18(25)16-17/h1-7,9,15-16,26H,8,10-14H2. The minimum absolute atomic E-state index is 0.115. The Bertz CT molecular complexity index is 1020. The summed E-state index contributed by atoms with van der Waals surface area (Å²) in [4.78, 5) is 17.8. The first-order valence-corrected chi connectivity index (χ1v) is 12.0. The molecule has 2 aromatic carbocycles. The summed E-state index contributed by atoms with van der Waals surface area (Å²) < 4.78 is 0.883. The smallest absolute Gasteiger partial charge is 0.265 e. The van der Waals surface area contributed by atoms with Gasteiger partial charge in [-0.05, 0) is 63.6 Å². The van der Waals surface area contributed by atoms with Crippen molar-refractivity contribution in [3.8, 4) is 0 Å². The molecule has 1 N–H and O–H groups in total. The van der Waals surface area contributed by atoms with Crippen LogP contribution in [0.1, 0.15) is 15.2 Å². The fraction of sp³-hybridized carbons (Fsp3) is 0.261. The van der Waals surface area contributed by atoms with Gasteiger partial charge in [-0.3, -0.25) is 4.79 Å². The molecule has 0 spiro atoms. The van der Waals surface area contributed by atoms with E-state index >= 15 is 0 Å². The molecule has 0 aliphatic carbocycles. The largest absolute Gasteiger partial charge is 0.383 e. The lowest BCUT2D eigenvalue weighted by molar-refractivity contribution is 0.0751. The van der Waals surface area contributed by atoms with Gasteiger partial charge >= 0.3 is 0 Å². The monoisotopic (exact) mass is 503 g/mol. The number of halogens is 2. The molecule has 4 rings (SSSR count). The van der Waals surface area contributed by atoms with Gasteiger partial charge in [-0.1, -0.05) is 35.9 Å². The van der Waals surface area contributed by atoms with Crippen molar-refractivity contribution in [1.29, 1.82) is 0 Å².